The van der Waals surface area contributed by atoms with Gasteiger partial charge in [0.15, 0.2) is 11.9 Å². The van der Waals surface area contributed by atoms with Crippen molar-refractivity contribution >= 4 is 23.8 Å². The van der Waals surface area contributed by atoms with Gasteiger partial charge in [0, 0.05) is 28.2 Å². The van der Waals surface area contributed by atoms with Gasteiger partial charge in [0.1, 0.15) is 0 Å². The molecule has 0 fully saturated rings. The third-order valence-corrected chi connectivity index (χ3v) is 1.32. The molecule has 0 aromatic heterocycles. The van der Waals surface area contributed by atoms with Crippen LogP contribution in [0.1, 0.15) is 0 Å². The van der Waals surface area contributed by atoms with Crippen LogP contribution in [-0.4, -0.2) is 61.8 Å². The number of hydrogen-bond donors (Lipinski definition) is 6. The summed E-state index contributed by atoms with van der Waals surface area (Å²) in [5.74, 6) is -0.0765. The predicted octanol–water partition coefficient (Wildman–Crippen LogP) is -12.0. The van der Waals surface area contributed by atoms with E-state index in [1.807, 2.05) is 0 Å². The first-order valence-corrected chi connectivity index (χ1v) is 8.49. The average Bonchev–Trinajstić information content (AvgIpc) is 2.33. The summed E-state index contributed by atoms with van der Waals surface area (Å²) in [4.78, 5) is 9.92. The zero-order valence-electron chi connectivity index (χ0n) is 15.4. The van der Waals surface area contributed by atoms with Crippen molar-refractivity contribution in [1.29, 1.82) is 10.8 Å². The van der Waals surface area contributed by atoms with Gasteiger partial charge in [-0.25, -0.2) is 37.3 Å². The van der Waals surface area contributed by atoms with E-state index in [-0.39, 0.29) is 40.3 Å². The Hall–Kier alpha value is -1.77. The number of nitrogens with one attached hydrogen (secondary N) is 2. The number of guanidine groups is 4. The van der Waals surface area contributed by atoms with Gasteiger partial charge in [-0.3, -0.25) is 10.8 Å². The summed E-state index contributed by atoms with van der Waals surface area (Å²) < 4.78 is 67.9. The Morgan fingerprint density at radius 3 is 0.793 bits per heavy atom. The number of halogens is 2. The Morgan fingerprint density at radius 1 is 0.621 bits per heavy atom. The third kappa shape index (κ3) is 76.0. The second kappa shape index (κ2) is 18.3. The Bertz CT molecular complexity index is 457. The van der Waals surface area contributed by atoms with Crippen LogP contribution in [0.4, 0.5) is 0 Å². The van der Waals surface area contributed by atoms with E-state index in [0.717, 1.165) is 0 Å². The van der Waals surface area contributed by atoms with Crippen molar-refractivity contribution in [1.82, 2.24) is 9.80 Å². The van der Waals surface area contributed by atoms with Crippen LogP contribution >= 0.6 is 0 Å². The van der Waals surface area contributed by atoms with E-state index in [0.29, 0.717) is 0 Å². The average molecular weight is 516 g/mol. The smallest absolute Gasteiger partial charge is 0.370 e. The number of rotatable bonds is 0. The van der Waals surface area contributed by atoms with Crippen molar-refractivity contribution in [3.63, 3.8) is 0 Å². The molecule has 0 amide bonds. The second-order valence-electron chi connectivity index (χ2n) is 4.27. The predicted molar refractivity (Wildman–Crippen MR) is 74.4 cm³/mol. The van der Waals surface area contributed by atoms with E-state index in [9.17, 15) is 0 Å². The fourth-order valence-corrected chi connectivity index (χ4v) is 0.445. The molecule has 21 heteroatoms. The van der Waals surface area contributed by atoms with Gasteiger partial charge in [-0.1, -0.05) is 0 Å². The summed E-state index contributed by atoms with van der Waals surface area (Å²) in [6.07, 6.45) is 0. The molecule has 0 saturated carbocycles. The normalized spacial score (nSPS) is 9.24. The summed E-state index contributed by atoms with van der Waals surface area (Å²) in [5, 5.41) is 14.1. The van der Waals surface area contributed by atoms with Crippen LogP contribution in [0.5, 0.6) is 0 Å². The molecule has 0 aliphatic carbocycles. The van der Waals surface area contributed by atoms with Gasteiger partial charge in [0.2, 0.25) is 11.9 Å². The van der Waals surface area contributed by atoms with Crippen molar-refractivity contribution in [3.8, 4) is 0 Å². The molecule has 29 heavy (non-hydrogen) atoms. The van der Waals surface area contributed by atoms with E-state index in [2.05, 4.69) is 9.98 Å². The van der Waals surface area contributed by atoms with Crippen molar-refractivity contribution in [2.75, 3.05) is 28.2 Å². The minimum absolute atomic E-state index is 0. The van der Waals surface area contributed by atoms with Gasteiger partial charge in [-0.05, 0) is 0 Å². The molecule has 0 saturated heterocycles. The summed E-state index contributed by atoms with van der Waals surface area (Å²) in [6, 6.07) is 0. The Kier molecular flexibility index (Phi) is 23.9. The molecule has 0 aliphatic rings. The Labute approximate surface area is 180 Å². The number of nitrogens with two attached hydrogens (primary N) is 4. The topological polar surface area (TPSA) is 367 Å². The van der Waals surface area contributed by atoms with E-state index < -0.39 is 20.5 Å². The van der Waals surface area contributed by atoms with E-state index in [1.54, 1.807) is 28.2 Å². The summed E-state index contributed by atoms with van der Waals surface area (Å²) in [5.41, 5.74) is 20.0. The summed E-state index contributed by atoms with van der Waals surface area (Å²) in [6.45, 7) is 0. The maximum Gasteiger partial charge on any atom is 2.00 e. The zero-order valence-corrected chi connectivity index (χ0v) is 17.9. The quantitative estimate of drug-likeness (QED) is 0.0989. The van der Waals surface area contributed by atoms with E-state index in [1.165, 1.54) is 9.80 Å². The van der Waals surface area contributed by atoms with Gasteiger partial charge in [-0.15, -0.1) is 20.5 Å². The first-order valence-electron chi connectivity index (χ1n) is 6.02. The molecular formula is C8H22Cl2N10NiO8. The molecule has 18 nitrogen and oxygen atoms in total. The van der Waals surface area contributed by atoms with Crippen LogP contribution in [0.25, 0.3) is 0 Å². The Morgan fingerprint density at radius 2 is 0.759 bits per heavy atom. The molecule has 0 aromatic rings. The van der Waals surface area contributed by atoms with Crippen LogP contribution in [-0.2, 0) is 16.5 Å². The molecule has 10 N–H and O–H groups in total. The fourth-order valence-electron chi connectivity index (χ4n) is 0.445. The molecule has 0 bridgehead atoms. The van der Waals surface area contributed by atoms with E-state index in [4.69, 9.17) is 71.0 Å². The molecule has 0 aliphatic heterocycles. The van der Waals surface area contributed by atoms with Crippen molar-refractivity contribution in [3.05, 3.63) is 0 Å². The van der Waals surface area contributed by atoms with Gasteiger partial charge in [-0.2, -0.15) is 9.98 Å². The summed E-state index contributed by atoms with van der Waals surface area (Å²) >= 11 is 0. The fraction of sp³-hybridized carbons (Fsp3) is 0.500. The van der Waals surface area contributed by atoms with Gasteiger partial charge in [0.25, 0.3) is 0 Å². The molecule has 0 rings (SSSR count). The third-order valence-electron chi connectivity index (χ3n) is 1.32. The van der Waals surface area contributed by atoms with Crippen LogP contribution in [0.15, 0.2) is 9.98 Å². The first kappa shape index (κ1) is 37.9. The van der Waals surface area contributed by atoms with Crippen molar-refractivity contribution < 1.29 is 74.2 Å². The van der Waals surface area contributed by atoms with Gasteiger partial charge < -0.3 is 32.7 Å². The SMILES string of the molecule is CN(C)C(=N)N=C(N)N.CN(C)C(=N)N=C(N)N.[Ni+2].[O-][Cl+3]([O-])([O-])[O-].[O-][Cl+3]([O-])([O-])[O-]. The molecule has 176 valence electrons. The van der Waals surface area contributed by atoms with Gasteiger partial charge in [0.05, 0.1) is 0 Å². The van der Waals surface area contributed by atoms with Crippen molar-refractivity contribution in [2.45, 2.75) is 0 Å². The van der Waals surface area contributed by atoms with Crippen molar-refractivity contribution in [2.24, 2.45) is 32.9 Å². The molecule has 0 spiro atoms. The summed E-state index contributed by atoms with van der Waals surface area (Å²) in [7, 11) is -3.13. The number of hydrogen-bond acceptors (Lipinski definition) is 10. The monoisotopic (exact) mass is 514 g/mol. The number of aliphatic imine (C=N–C) groups is 2. The second-order valence-corrected chi connectivity index (χ2v) is 5.78. The van der Waals surface area contributed by atoms with Crippen LogP contribution < -0.4 is 60.2 Å². The molecule has 0 unspecified atom stereocenters. The molecule has 0 radical (unpaired) electrons. The minimum atomic E-state index is -4.94. The molecule has 0 heterocycles. The zero-order chi connectivity index (χ0) is 23.9. The maximum atomic E-state index is 8.49. The van der Waals surface area contributed by atoms with Crippen LogP contribution in [0, 0.1) is 31.3 Å². The molecule has 0 atom stereocenters. The van der Waals surface area contributed by atoms with E-state index >= 15 is 0 Å². The largest absolute Gasteiger partial charge is 2.00 e. The van der Waals surface area contributed by atoms with Gasteiger partial charge >= 0.3 is 16.5 Å². The van der Waals surface area contributed by atoms with Crippen LogP contribution in [0.3, 0.4) is 0 Å². The molecule has 0 aromatic carbocycles. The Balaban J connectivity index is -0.0000000907. The number of nitrogens with zero attached hydrogens (tertiary/aromatic N) is 4. The molecular weight excluding hydrogens is 494 g/mol. The maximum absolute atomic E-state index is 8.49. The standard InChI is InChI=1S/2C4H11N5.2ClHO4.Ni/c2*1-9(2)4(7)8-3(5)6;2*2-1(3,4)5;/h2*1-2H3,(H5,5,6,7,8);2*(H,2,3,4,5);/q;;;;+2/p-2. The first-order chi connectivity index (χ1) is 12.1. The minimum Gasteiger partial charge on any atom is -0.370 e. The van der Waals surface area contributed by atoms with Crippen LogP contribution in [0.2, 0.25) is 0 Å².